The molecule has 0 radical (unpaired) electrons. The molecule has 2 aromatic carbocycles. The van der Waals surface area contributed by atoms with Gasteiger partial charge in [0.15, 0.2) is 0 Å². The highest BCUT2D eigenvalue weighted by molar-refractivity contribution is 5.89. The molecule has 0 atom stereocenters. The zero-order valence-corrected chi connectivity index (χ0v) is 11.7. The van der Waals surface area contributed by atoms with Crippen LogP contribution in [0.5, 0.6) is 0 Å². The Kier molecular flexibility index (Phi) is 3.36. The number of nitrogen functional groups attached to an aromatic ring is 1. The third kappa shape index (κ3) is 2.60. The van der Waals surface area contributed by atoms with Gasteiger partial charge in [-0.1, -0.05) is 12.1 Å². The third-order valence-corrected chi connectivity index (χ3v) is 3.52. The van der Waals surface area contributed by atoms with E-state index in [4.69, 9.17) is 10.5 Å². The van der Waals surface area contributed by atoms with Crippen molar-refractivity contribution in [2.45, 2.75) is 6.54 Å². The second-order valence-corrected chi connectivity index (χ2v) is 4.95. The summed E-state index contributed by atoms with van der Waals surface area (Å²) >= 11 is 0. The fourth-order valence-electron chi connectivity index (χ4n) is 2.42. The van der Waals surface area contributed by atoms with Crippen LogP contribution in [0, 0.1) is 0 Å². The van der Waals surface area contributed by atoms with Gasteiger partial charge in [0.2, 0.25) is 0 Å². The highest BCUT2D eigenvalue weighted by atomic mass is 16.5. The Labute approximate surface area is 122 Å². The van der Waals surface area contributed by atoms with E-state index in [-0.39, 0.29) is 5.97 Å². The molecule has 0 unspecified atom stereocenters. The number of hydrogen-bond donors (Lipinski definition) is 1. The molecular formula is C17H16N2O2. The van der Waals surface area contributed by atoms with Gasteiger partial charge in [0.05, 0.1) is 12.7 Å². The lowest BCUT2D eigenvalue weighted by Crippen LogP contribution is -2.02. The monoisotopic (exact) mass is 280 g/mol. The minimum absolute atomic E-state index is 0.316. The first-order chi connectivity index (χ1) is 10.2. The number of carbonyl (C=O) groups is 1. The predicted molar refractivity (Wildman–Crippen MR) is 83.2 cm³/mol. The molecule has 2 N–H and O–H groups in total. The van der Waals surface area contributed by atoms with E-state index in [9.17, 15) is 4.79 Å². The normalized spacial score (nSPS) is 10.7. The molecule has 4 nitrogen and oxygen atoms in total. The van der Waals surface area contributed by atoms with Crippen molar-refractivity contribution >= 4 is 22.6 Å². The van der Waals surface area contributed by atoms with Gasteiger partial charge in [-0.2, -0.15) is 0 Å². The van der Waals surface area contributed by atoms with E-state index in [1.165, 1.54) is 7.11 Å². The van der Waals surface area contributed by atoms with Crippen LogP contribution in [-0.2, 0) is 11.3 Å². The molecule has 4 heteroatoms. The molecule has 0 saturated carbocycles. The molecule has 0 amide bonds. The fourth-order valence-corrected chi connectivity index (χ4v) is 2.42. The van der Waals surface area contributed by atoms with Crippen molar-refractivity contribution in [2.75, 3.05) is 12.8 Å². The molecule has 0 fully saturated rings. The summed E-state index contributed by atoms with van der Waals surface area (Å²) in [5, 5.41) is 1.13. The van der Waals surface area contributed by atoms with E-state index in [1.807, 2.05) is 36.5 Å². The van der Waals surface area contributed by atoms with Gasteiger partial charge in [-0.3, -0.25) is 0 Å². The smallest absolute Gasteiger partial charge is 0.337 e. The summed E-state index contributed by atoms with van der Waals surface area (Å²) in [7, 11) is 1.38. The summed E-state index contributed by atoms with van der Waals surface area (Å²) in [6.45, 7) is 0.745. The molecule has 0 aliphatic heterocycles. The molecule has 0 spiro atoms. The van der Waals surface area contributed by atoms with Gasteiger partial charge in [-0.05, 0) is 42.0 Å². The van der Waals surface area contributed by atoms with Gasteiger partial charge in [-0.25, -0.2) is 4.79 Å². The number of carbonyl (C=O) groups excluding carboxylic acids is 1. The average Bonchev–Trinajstić information content (AvgIpc) is 2.89. The van der Waals surface area contributed by atoms with Crippen LogP contribution < -0.4 is 5.73 Å². The van der Waals surface area contributed by atoms with E-state index in [1.54, 1.807) is 12.1 Å². The molecule has 3 aromatic rings. The Balaban J connectivity index is 1.86. The number of hydrogen-bond acceptors (Lipinski definition) is 3. The predicted octanol–water partition coefficient (Wildman–Crippen LogP) is 3.06. The number of nitrogens with zero attached hydrogens (tertiary/aromatic N) is 1. The SMILES string of the molecule is COC(=O)c1ccc(Cn2ccc3cc(N)ccc32)cc1. The minimum Gasteiger partial charge on any atom is -0.465 e. The first-order valence-electron chi connectivity index (χ1n) is 6.69. The van der Waals surface area contributed by atoms with Crippen molar-refractivity contribution in [1.82, 2.24) is 4.57 Å². The fraction of sp³-hybridized carbons (Fsp3) is 0.118. The highest BCUT2D eigenvalue weighted by Crippen LogP contribution is 2.20. The number of esters is 1. The molecule has 1 aromatic heterocycles. The maximum Gasteiger partial charge on any atom is 0.337 e. The zero-order valence-electron chi connectivity index (χ0n) is 11.7. The number of ether oxygens (including phenoxy) is 1. The second kappa shape index (κ2) is 5.32. The maximum absolute atomic E-state index is 11.4. The summed E-state index contributed by atoms with van der Waals surface area (Å²) < 4.78 is 6.85. The van der Waals surface area contributed by atoms with Gasteiger partial charge in [0, 0.05) is 29.3 Å². The van der Waals surface area contributed by atoms with Gasteiger partial charge >= 0.3 is 5.97 Å². The van der Waals surface area contributed by atoms with E-state index in [0.717, 1.165) is 28.7 Å². The second-order valence-electron chi connectivity index (χ2n) is 4.95. The first-order valence-corrected chi connectivity index (χ1v) is 6.69. The lowest BCUT2D eigenvalue weighted by molar-refractivity contribution is 0.0600. The van der Waals surface area contributed by atoms with E-state index in [0.29, 0.717) is 5.56 Å². The summed E-state index contributed by atoms with van der Waals surface area (Å²) in [6, 6.07) is 15.4. The van der Waals surface area contributed by atoms with Crippen LogP contribution in [0.2, 0.25) is 0 Å². The van der Waals surface area contributed by atoms with Crippen molar-refractivity contribution in [3.05, 3.63) is 65.9 Å². The van der Waals surface area contributed by atoms with Crippen LogP contribution in [0.1, 0.15) is 15.9 Å². The van der Waals surface area contributed by atoms with E-state index >= 15 is 0 Å². The topological polar surface area (TPSA) is 57.2 Å². The zero-order chi connectivity index (χ0) is 14.8. The number of rotatable bonds is 3. The van der Waals surface area contributed by atoms with Crippen molar-refractivity contribution in [3.8, 4) is 0 Å². The summed E-state index contributed by atoms with van der Waals surface area (Å²) in [6.07, 6.45) is 2.04. The van der Waals surface area contributed by atoms with Crippen LogP contribution in [0.25, 0.3) is 10.9 Å². The van der Waals surface area contributed by atoms with Gasteiger partial charge in [0.25, 0.3) is 0 Å². The Morgan fingerprint density at radius 2 is 1.90 bits per heavy atom. The number of aromatic nitrogens is 1. The van der Waals surface area contributed by atoms with Crippen LogP contribution >= 0.6 is 0 Å². The summed E-state index contributed by atoms with van der Waals surface area (Å²) in [5.74, 6) is -0.316. The summed E-state index contributed by atoms with van der Waals surface area (Å²) in [5.41, 5.74) is 9.38. The van der Waals surface area contributed by atoms with Crippen molar-refractivity contribution in [2.24, 2.45) is 0 Å². The van der Waals surface area contributed by atoms with Crippen molar-refractivity contribution in [1.29, 1.82) is 0 Å². The minimum atomic E-state index is -0.316. The number of anilines is 1. The number of benzene rings is 2. The quantitative estimate of drug-likeness (QED) is 0.592. The molecular weight excluding hydrogens is 264 g/mol. The number of methoxy groups -OCH3 is 1. The molecule has 0 aliphatic rings. The van der Waals surface area contributed by atoms with Crippen LogP contribution in [-0.4, -0.2) is 17.6 Å². The van der Waals surface area contributed by atoms with Gasteiger partial charge in [0.1, 0.15) is 0 Å². The van der Waals surface area contributed by atoms with Crippen molar-refractivity contribution < 1.29 is 9.53 Å². The lowest BCUT2D eigenvalue weighted by Gasteiger charge is -2.07. The first kappa shape index (κ1) is 13.2. The van der Waals surface area contributed by atoms with Crippen LogP contribution in [0.15, 0.2) is 54.7 Å². The molecule has 0 aliphatic carbocycles. The molecule has 21 heavy (non-hydrogen) atoms. The number of fused-ring (bicyclic) bond motifs is 1. The molecule has 106 valence electrons. The molecule has 1 heterocycles. The molecule has 3 rings (SSSR count). The Morgan fingerprint density at radius 1 is 1.14 bits per heavy atom. The lowest BCUT2D eigenvalue weighted by atomic mass is 10.1. The number of nitrogens with two attached hydrogens (primary N) is 1. The maximum atomic E-state index is 11.4. The van der Waals surface area contributed by atoms with E-state index < -0.39 is 0 Å². The highest BCUT2D eigenvalue weighted by Gasteiger charge is 2.06. The molecule has 0 saturated heterocycles. The third-order valence-electron chi connectivity index (χ3n) is 3.52. The standard InChI is InChI=1S/C17H16N2O2/c1-21-17(20)13-4-2-12(3-5-13)11-19-9-8-14-10-15(18)6-7-16(14)19/h2-10H,11,18H2,1H3. The van der Waals surface area contributed by atoms with E-state index in [2.05, 4.69) is 10.6 Å². The largest absolute Gasteiger partial charge is 0.465 e. The van der Waals surface area contributed by atoms with Gasteiger partial charge < -0.3 is 15.0 Å². The Hall–Kier alpha value is -2.75. The average molecular weight is 280 g/mol. The van der Waals surface area contributed by atoms with Crippen LogP contribution in [0.3, 0.4) is 0 Å². The Bertz CT molecular complexity index is 788. The molecule has 0 bridgehead atoms. The Morgan fingerprint density at radius 3 is 2.62 bits per heavy atom. The summed E-state index contributed by atoms with van der Waals surface area (Å²) in [4.78, 5) is 11.4. The van der Waals surface area contributed by atoms with Crippen molar-refractivity contribution in [3.63, 3.8) is 0 Å². The van der Waals surface area contributed by atoms with Crippen LogP contribution in [0.4, 0.5) is 5.69 Å². The van der Waals surface area contributed by atoms with Gasteiger partial charge in [-0.15, -0.1) is 0 Å².